The number of nitrogens with zero attached hydrogens (tertiary/aromatic N) is 2. The number of nitrogens with one attached hydrogen (secondary N) is 1. The molecule has 1 aromatic heterocycles. The van der Waals surface area contributed by atoms with Crippen LogP contribution in [0.5, 0.6) is 0 Å². The molecule has 0 aromatic carbocycles. The second kappa shape index (κ2) is 5.21. The molecule has 0 aliphatic heterocycles. The van der Waals surface area contributed by atoms with Crippen molar-refractivity contribution >= 4 is 5.82 Å². The third-order valence-electron chi connectivity index (χ3n) is 4.07. The van der Waals surface area contributed by atoms with Crippen molar-refractivity contribution in [1.29, 1.82) is 5.26 Å². The highest BCUT2D eigenvalue weighted by Gasteiger charge is 2.22. The van der Waals surface area contributed by atoms with Crippen LogP contribution in [-0.4, -0.2) is 11.0 Å². The van der Waals surface area contributed by atoms with Crippen LogP contribution >= 0.6 is 0 Å². The summed E-state index contributed by atoms with van der Waals surface area (Å²) in [6.07, 6.45) is 4.52. The molecular formula is C16H23N3. The zero-order valence-electron chi connectivity index (χ0n) is 12.4. The van der Waals surface area contributed by atoms with Crippen molar-refractivity contribution < 1.29 is 0 Å². The number of fused-ring (bicyclic) bond motifs is 1. The van der Waals surface area contributed by atoms with Gasteiger partial charge in [0.15, 0.2) is 0 Å². The average molecular weight is 257 g/mol. The Kier molecular flexibility index (Phi) is 3.80. The SMILES string of the molecule is CC(Nc1nc2c(cc1C#N)CCCC2)C(C)(C)C. The Morgan fingerprint density at radius 2 is 2.00 bits per heavy atom. The largest absolute Gasteiger partial charge is 0.366 e. The van der Waals surface area contributed by atoms with Gasteiger partial charge in [0.1, 0.15) is 11.9 Å². The fourth-order valence-corrected chi connectivity index (χ4v) is 2.25. The molecule has 1 aliphatic carbocycles. The van der Waals surface area contributed by atoms with Gasteiger partial charge in [0.25, 0.3) is 0 Å². The van der Waals surface area contributed by atoms with Gasteiger partial charge in [-0.3, -0.25) is 0 Å². The van der Waals surface area contributed by atoms with E-state index in [0.29, 0.717) is 5.56 Å². The second-order valence-electron chi connectivity index (χ2n) is 6.54. The maximum atomic E-state index is 9.31. The van der Waals surface area contributed by atoms with Gasteiger partial charge in [-0.1, -0.05) is 20.8 Å². The van der Waals surface area contributed by atoms with Crippen LogP contribution < -0.4 is 5.32 Å². The number of pyridine rings is 1. The summed E-state index contributed by atoms with van der Waals surface area (Å²) in [6.45, 7) is 8.71. The van der Waals surface area contributed by atoms with Crippen LogP contribution in [0.15, 0.2) is 6.07 Å². The van der Waals surface area contributed by atoms with E-state index in [-0.39, 0.29) is 11.5 Å². The standard InChI is InChI=1S/C16H23N3/c1-11(16(2,3)4)18-15-13(10-17)9-12-7-5-6-8-14(12)19-15/h9,11H,5-8H2,1-4H3,(H,18,19). The molecule has 19 heavy (non-hydrogen) atoms. The minimum Gasteiger partial charge on any atom is -0.366 e. The molecule has 1 aliphatic rings. The average Bonchev–Trinajstić information content (AvgIpc) is 2.36. The lowest BCUT2D eigenvalue weighted by Gasteiger charge is -2.29. The Bertz CT molecular complexity index is 506. The first-order valence-corrected chi connectivity index (χ1v) is 7.11. The summed E-state index contributed by atoms with van der Waals surface area (Å²) in [5.74, 6) is 0.755. The molecule has 102 valence electrons. The van der Waals surface area contributed by atoms with Gasteiger partial charge in [-0.25, -0.2) is 4.98 Å². The highest BCUT2D eigenvalue weighted by atomic mass is 15.0. The van der Waals surface area contributed by atoms with Crippen LogP contribution in [0.4, 0.5) is 5.82 Å². The topological polar surface area (TPSA) is 48.7 Å². The quantitative estimate of drug-likeness (QED) is 0.879. The van der Waals surface area contributed by atoms with Gasteiger partial charge in [-0.05, 0) is 49.7 Å². The number of nitriles is 1. The van der Waals surface area contributed by atoms with Crippen molar-refractivity contribution in [3.8, 4) is 6.07 Å². The predicted octanol–water partition coefficient (Wildman–Crippen LogP) is 3.68. The molecule has 0 saturated carbocycles. The highest BCUT2D eigenvalue weighted by molar-refractivity contribution is 5.55. The van der Waals surface area contributed by atoms with E-state index in [1.807, 2.05) is 6.07 Å². The number of hydrogen-bond acceptors (Lipinski definition) is 3. The summed E-state index contributed by atoms with van der Waals surface area (Å²) in [7, 11) is 0. The Hall–Kier alpha value is -1.56. The molecule has 1 aromatic rings. The molecule has 0 fully saturated rings. The van der Waals surface area contributed by atoms with Gasteiger partial charge in [0.2, 0.25) is 0 Å². The first-order valence-electron chi connectivity index (χ1n) is 7.11. The third kappa shape index (κ3) is 3.07. The lowest BCUT2D eigenvalue weighted by atomic mass is 9.88. The maximum Gasteiger partial charge on any atom is 0.144 e. The van der Waals surface area contributed by atoms with Gasteiger partial charge in [-0.15, -0.1) is 0 Å². The van der Waals surface area contributed by atoms with E-state index in [0.717, 1.165) is 18.7 Å². The minimum absolute atomic E-state index is 0.143. The summed E-state index contributed by atoms with van der Waals surface area (Å²) < 4.78 is 0. The Labute approximate surface area is 116 Å². The van der Waals surface area contributed by atoms with Gasteiger partial charge >= 0.3 is 0 Å². The number of aromatic nitrogens is 1. The van der Waals surface area contributed by atoms with Gasteiger partial charge in [-0.2, -0.15) is 5.26 Å². The monoisotopic (exact) mass is 257 g/mol. The fourth-order valence-electron chi connectivity index (χ4n) is 2.25. The molecule has 0 radical (unpaired) electrons. The maximum absolute atomic E-state index is 9.31. The molecule has 0 saturated heterocycles. The van der Waals surface area contributed by atoms with Crippen LogP contribution in [0.1, 0.15) is 57.4 Å². The Balaban J connectivity index is 2.32. The molecule has 1 unspecified atom stereocenters. The smallest absolute Gasteiger partial charge is 0.144 e. The summed E-state index contributed by atoms with van der Waals surface area (Å²) >= 11 is 0. The normalized spacial score (nSPS) is 16.4. The number of aryl methyl sites for hydroxylation is 2. The van der Waals surface area contributed by atoms with Gasteiger partial charge in [0, 0.05) is 11.7 Å². The second-order valence-corrected chi connectivity index (χ2v) is 6.54. The molecule has 3 nitrogen and oxygen atoms in total. The van der Waals surface area contributed by atoms with Crippen LogP contribution in [0.25, 0.3) is 0 Å². The first-order chi connectivity index (χ1) is 8.91. The zero-order valence-corrected chi connectivity index (χ0v) is 12.4. The number of anilines is 1. The van der Waals surface area contributed by atoms with E-state index < -0.39 is 0 Å². The van der Waals surface area contributed by atoms with Gasteiger partial charge < -0.3 is 5.32 Å². The molecule has 1 atom stereocenters. The molecule has 0 bridgehead atoms. The van der Waals surface area contributed by atoms with E-state index in [2.05, 4.69) is 39.1 Å². The Morgan fingerprint density at radius 1 is 1.32 bits per heavy atom. The van der Waals surface area contributed by atoms with Crippen LogP contribution in [0.3, 0.4) is 0 Å². The van der Waals surface area contributed by atoms with E-state index in [9.17, 15) is 5.26 Å². The molecule has 3 heteroatoms. The number of hydrogen-bond donors (Lipinski definition) is 1. The minimum atomic E-state index is 0.143. The van der Waals surface area contributed by atoms with Crippen LogP contribution in [0.2, 0.25) is 0 Å². The predicted molar refractivity (Wildman–Crippen MR) is 78.1 cm³/mol. The molecule has 1 N–H and O–H groups in total. The third-order valence-corrected chi connectivity index (χ3v) is 4.07. The van der Waals surface area contributed by atoms with Crippen molar-refractivity contribution in [1.82, 2.24) is 4.98 Å². The van der Waals surface area contributed by atoms with E-state index in [4.69, 9.17) is 4.98 Å². The molecule has 0 amide bonds. The van der Waals surface area contributed by atoms with Crippen molar-refractivity contribution in [2.75, 3.05) is 5.32 Å². The first kappa shape index (κ1) is 13.9. The summed E-state index contributed by atoms with van der Waals surface area (Å²) in [6, 6.07) is 4.58. The molecule has 1 heterocycles. The fraction of sp³-hybridized carbons (Fsp3) is 0.625. The molecule has 0 spiro atoms. The lowest BCUT2D eigenvalue weighted by molar-refractivity contribution is 0.358. The molecular weight excluding hydrogens is 234 g/mol. The van der Waals surface area contributed by atoms with Crippen molar-refractivity contribution in [2.45, 2.75) is 59.4 Å². The van der Waals surface area contributed by atoms with Crippen LogP contribution in [-0.2, 0) is 12.8 Å². The summed E-state index contributed by atoms with van der Waals surface area (Å²) in [5.41, 5.74) is 3.26. The van der Waals surface area contributed by atoms with E-state index >= 15 is 0 Å². The van der Waals surface area contributed by atoms with Crippen molar-refractivity contribution in [3.63, 3.8) is 0 Å². The van der Waals surface area contributed by atoms with Crippen LogP contribution in [0, 0.1) is 16.7 Å². The van der Waals surface area contributed by atoms with Crippen molar-refractivity contribution in [2.24, 2.45) is 5.41 Å². The van der Waals surface area contributed by atoms with E-state index in [1.54, 1.807) is 0 Å². The number of rotatable bonds is 2. The summed E-state index contributed by atoms with van der Waals surface area (Å²) in [4.78, 5) is 4.70. The van der Waals surface area contributed by atoms with E-state index in [1.165, 1.54) is 24.1 Å². The molecule has 2 rings (SSSR count). The van der Waals surface area contributed by atoms with Gasteiger partial charge in [0.05, 0.1) is 5.56 Å². The lowest BCUT2D eigenvalue weighted by Crippen LogP contribution is -2.31. The highest BCUT2D eigenvalue weighted by Crippen LogP contribution is 2.27. The zero-order chi connectivity index (χ0) is 14.0. The Morgan fingerprint density at radius 3 is 2.63 bits per heavy atom. The van der Waals surface area contributed by atoms with Crippen molar-refractivity contribution in [3.05, 3.63) is 22.9 Å². The summed E-state index contributed by atoms with van der Waals surface area (Å²) in [5, 5.41) is 12.7.